The topological polar surface area (TPSA) is 132 Å². The molecule has 2 heterocycles. The van der Waals surface area contributed by atoms with Crippen LogP contribution in [0.3, 0.4) is 0 Å². The number of rotatable bonds is 7. The van der Waals surface area contributed by atoms with Gasteiger partial charge in [0.05, 0.1) is 24.6 Å². The fraction of sp³-hybridized carbons (Fsp3) is 0.432. The summed E-state index contributed by atoms with van der Waals surface area (Å²) < 4.78 is 20.7. The molecule has 1 fully saturated rings. The number of benzene rings is 3. The largest absolute Gasteiger partial charge is 0.491 e. The molecule has 0 aliphatic carbocycles. The van der Waals surface area contributed by atoms with E-state index < -0.39 is 29.7 Å². The monoisotopic (exact) mass is 688 g/mol. The Morgan fingerprint density at radius 2 is 1.74 bits per heavy atom. The Hall–Kier alpha value is -5.04. The molecule has 3 aromatic carbocycles. The zero-order chi connectivity index (χ0) is 35.9. The molecule has 0 bridgehead atoms. The van der Waals surface area contributed by atoms with Crippen LogP contribution >= 0.6 is 0 Å². The summed E-state index contributed by atoms with van der Waals surface area (Å²) in [7, 11) is 6.68. The third kappa shape index (κ3) is 8.94. The Morgan fingerprint density at radius 3 is 2.50 bits per heavy atom. The number of fused-ring (bicyclic) bond motifs is 3. The summed E-state index contributed by atoms with van der Waals surface area (Å²) in [5, 5.41) is 7.99. The zero-order valence-electron chi connectivity index (χ0n) is 29.0. The third-order valence-electron chi connectivity index (χ3n) is 9.26. The lowest BCUT2D eigenvalue weighted by Crippen LogP contribution is -2.49. The van der Waals surface area contributed by atoms with Crippen LogP contribution in [0, 0.1) is 5.82 Å². The Balaban J connectivity index is 1.35. The Kier molecular flexibility index (Phi) is 11.7. The SMILES string of the molecule is CN(C)CCNC(=O)[C@H]1CCC(=O)N(C)CC(=O)N2C[C@@H](NC(=O)Cc3ccc4ccccc4c3)C[C@H]2COc2ccc(F)cc2C(=O)N1C. The quantitative estimate of drug-likeness (QED) is 0.389. The van der Waals surface area contributed by atoms with E-state index in [4.69, 9.17) is 4.74 Å². The standard InChI is InChI=1S/C37H45FN6O6/c1-41(2)16-15-39-36(48)31-12-14-34(46)42(3)22-35(47)44-21-28(40-33(45)18-24-9-10-25-7-5-6-8-26(25)17-24)20-29(44)23-50-32-13-11-27(38)19-30(32)37(49)43(31)4/h5-11,13,17,19,28-29,31H,12,14-16,18,20-23H2,1-4H3,(H,39,48)(H,40,45)/t28-,29-,31+/m0/s1. The molecule has 12 nitrogen and oxygen atoms in total. The summed E-state index contributed by atoms with van der Waals surface area (Å²) in [6.07, 6.45) is 0.399. The average Bonchev–Trinajstić information content (AvgIpc) is 3.48. The molecule has 2 aliphatic heterocycles. The van der Waals surface area contributed by atoms with Gasteiger partial charge < -0.3 is 35.0 Å². The molecule has 50 heavy (non-hydrogen) atoms. The highest BCUT2D eigenvalue weighted by molar-refractivity contribution is 5.99. The van der Waals surface area contributed by atoms with Crippen molar-refractivity contribution in [3.8, 4) is 5.75 Å². The van der Waals surface area contributed by atoms with Gasteiger partial charge in [-0.15, -0.1) is 0 Å². The van der Waals surface area contributed by atoms with Crippen molar-refractivity contribution in [1.82, 2.24) is 30.2 Å². The smallest absolute Gasteiger partial charge is 0.258 e. The second-order valence-corrected chi connectivity index (χ2v) is 13.3. The number of carbonyl (C=O) groups is 5. The number of nitrogens with zero attached hydrogens (tertiary/aromatic N) is 4. The molecule has 13 heteroatoms. The molecule has 2 N–H and O–H groups in total. The van der Waals surface area contributed by atoms with Gasteiger partial charge in [-0.1, -0.05) is 42.5 Å². The van der Waals surface area contributed by atoms with Crippen molar-refractivity contribution in [1.29, 1.82) is 0 Å². The normalized spacial score (nSPS) is 20.6. The van der Waals surface area contributed by atoms with Gasteiger partial charge in [-0.05, 0) is 61.5 Å². The summed E-state index contributed by atoms with van der Waals surface area (Å²) >= 11 is 0. The Labute approximate surface area is 291 Å². The first-order chi connectivity index (χ1) is 23.9. The van der Waals surface area contributed by atoms with E-state index in [1.165, 1.54) is 36.0 Å². The number of carbonyl (C=O) groups excluding carboxylic acids is 5. The van der Waals surface area contributed by atoms with E-state index in [9.17, 15) is 28.4 Å². The molecule has 3 aromatic rings. The molecule has 5 amide bonds. The molecule has 1 saturated heterocycles. The predicted octanol–water partition coefficient (Wildman–Crippen LogP) is 2.06. The lowest BCUT2D eigenvalue weighted by atomic mass is 10.0. The van der Waals surface area contributed by atoms with E-state index >= 15 is 0 Å². The van der Waals surface area contributed by atoms with Crippen LogP contribution in [0.5, 0.6) is 5.75 Å². The second kappa shape index (κ2) is 16.1. The number of amides is 5. The average molecular weight is 689 g/mol. The van der Waals surface area contributed by atoms with E-state index in [1.807, 2.05) is 61.5 Å². The van der Waals surface area contributed by atoms with Gasteiger partial charge in [0.15, 0.2) is 0 Å². The van der Waals surface area contributed by atoms with Gasteiger partial charge in [0.2, 0.25) is 23.6 Å². The minimum atomic E-state index is -1.04. The van der Waals surface area contributed by atoms with Gasteiger partial charge in [0, 0.05) is 46.2 Å². The summed E-state index contributed by atoms with van der Waals surface area (Å²) in [6.45, 7) is 0.816. The molecule has 0 spiro atoms. The molecule has 2 aliphatic rings. The zero-order valence-corrected chi connectivity index (χ0v) is 29.0. The molecule has 0 aromatic heterocycles. The van der Waals surface area contributed by atoms with Crippen molar-refractivity contribution >= 4 is 40.3 Å². The maximum atomic E-state index is 14.5. The van der Waals surface area contributed by atoms with Crippen LogP contribution in [0.2, 0.25) is 0 Å². The summed E-state index contributed by atoms with van der Waals surface area (Å²) in [4.78, 5) is 73.2. The van der Waals surface area contributed by atoms with E-state index in [2.05, 4.69) is 10.6 Å². The Morgan fingerprint density at radius 1 is 0.980 bits per heavy atom. The van der Waals surface area contributed by atoms with Crippen LogP contribution in [0.15, 0.2) is 60.7 Å². The lowest BCUT2D eigenvalue weighted by Gasteiger charge is -2.28. The van der Waals surface area contributed by atoms with Crippen LogP contribution in [0.4, 0.5) is 4.39 Å². The van der Waals surface area contributed by atoms with Crippen molar-refractivity contribution in [2.75, 3.05) is 61.0 Å². The number of ether oxygens (including phenoxy) is 1. The van der Waals surface area contributed by atoms with Gasteiger partial charge in [0.1, 0.15) is 24.2 Å². The van der Waals surface area contributed by atoms with E-state index in [1.54, 1.807) is 4.90 Å². The van der Waals surface area contributed by atoms with Gasteiger partial charge in [-0.2, -0.15) is 0 Å². The maximum absolute atomic E-state index is 14.5. The number of halogens is 1. The van der Waals surface area contributed by atoms with Gasteiger partial charge in [-0.3, -0.25) is 24.0 Å². The molecule has 3 atom stereocenters. The van der Waals surface area contributed by atoms with Crippen LogP contribution in [-0.4, -0.2) is 128 Å². The first-order valence-corrected chi connectivity index (χ1v) is 16.8. The first kappa shape index (κ1) is 36.2. The second-order valence-electron chi connectivity index (χ2n) is 13.3. The van der Waals surface area contributed by atoms with Crippen molar-refractivity contribution < 1.29 is 33.1 Å². The minimum absolute atomic E-state index is 0.0173. The van der Waals surface area contributed by atoms with E-state index in [0.717, 1.165) is 22.4 Å². The van der Waals surface area contributed by atoms with Gasteiger partial charge in [-0.25, -0.2) is 4.39 Å². The number of hydrogen-bond acceptors (Lipinski definition) is 7. The maximum Gasteiger partial charge on any atom is 0.258 e. The van der Waals surface area contributed by atoms with E-state index in [-0.39, 0.29) is 74.0 Å². The van der Waals surface area contributed by atoms with Crippen LogP contribution in [-0.2, 0) is 25.6 Å². The molecule has 0 unspecified atom stereocenters. The summed E-state index contributed by atoms with van der Waals surface area (Å²) in [5.41, 5.74) is 0.772. The minimum Gasteiger partial charge on any atom is -0.491 e. The van der Waals surface area contributed by atoms with Gasteiger partial charge in [0.25, 0.3) is 5.91 Å². The molecule has 266 valence electrons. The van der Waals surface area contributed by atoms with Crippen molar-refractivity contribution in [3.05, 3.63) is 77.6 Å². The summed E-state index contributed by atoms with van der Waals surface area (Å²) in [5.74, 6) is -2.58. The first-order valence-electron chi connectivity index (χ1n) is 16.8. The highest BCUT2D eigenvalue weighted by atomic mass is 19.1. The van der Waals surface area contributed by atoms with Gasteiger partial charge >= 0.3 is 0 Å². The molecular formula is C37H45FN6O6. The third-order valence-corrected chi connectivity index (χ3v) is 9.26. The molecule has 0 radical (unpaired) electrons. The highest BCUT2D eigenvalue weighted by Gasteiger charge is 2.38. The fourth-order valence-corrected chi connectivity index (χ4v) is 6.46. The fourth-order valence-electron chi connectivity index (χ4n) is 6.46. The van der Waals surface area contributed by atoms with E-state index in [0.29, 0.717) is 19.5 Å². The van der Waals surface area contributed by atoms with Crippen LogP contribution in [0.25, 0.3) is 10.8 Å². The number of likely N-dealkylation sites (N-methyl/N-ethyl adjacent to an activating group) is 3. The molecule has 5 rings (SSSR count). The van der Waals surface area contributed by atoms with Crippen molar-refractivity contribution in [2.24, 2.45) is 0 Å². The predicted molar refractivity (Wildman–Crippen MR) is 186 cm³/mol. The number of nitrogens with one attached hydrogen (secondary N) is 2. The van der Waals surface area contributed by atoms with Crippen LogP contribution < -0.4 is 15.4 Å². The number of hydrogen-bond donors (Lipinski definition) is 2. The van der Waals surface area contributed by atoms with Crippen molar-refractivity contribution in [3.63, 3.8) is 0 Å². The van der Waals surface area contributed by atoms with Crippen molar-refractivity contribution in [2.45, 2.75) is 43.8 Å². The van der Waals surface area contributed by atoms with Crippen LogP contribution in [0.1, 0.15) is 35.2 Å². The molecule has 0 saturated carbocycles. The summed E-state index contributed by atoms with van der Waals surface area (Å²) in [6, 6.07) is 15.4. The molecular weight excluding hydrogens is 643 g/mol. The highest BCUT2D eigenvalue weighted by Crippen LogP contribution is 2.26. The lowest BCUT2D eigenvalue weighted by molar-refractivity contribution is -0.140. The Bertz CT molecular complexity index is 1750.